The summed E-state index contributed by atoms with van der Waals surface area (Å²) >= 11 is 0. The van der Waals surface area contributed by atoms with Gasteiger partial charge in [-0.15, -0.1) is 0 Å². The molecule has 2 rings (SSSR count). The molecule has 0 aliphatic heterocycles. The molecule has 0 aliphatic rings. The van der Waals surface area contributed by atoms with E-state index in [-0.39, 0.29) is 0 Å². The third-order valence-corrected chi connectivity index (χ3v) is 2.60. The van der Waals surface area contributed by atoms with Crippen LogP contribution in [0, 0.1) is 0 Å². The average Bonchev–Trinajstić information content (AvgIpc) is 3.05. The number of rotatable bonds is 3. The summed E-state index contributed by atoms with van der Waals surface area (Å²) in [5.74, 6) is -0.656. The first kappa shape index (κ1) is 13.0. The van der Waals surface area contributed by atoms with Crippen LogP contribution in [0.4, 0.5) is 0 Å². The van der Waals surface area contributed by atoms with Gasteiger partial charge < -0.3 is 4.84 Å². The van der Waals surface area contributed by atoms with Crippen LogP contribution in [0.25, 0.3) is 0 Å². The molecule has 0 spiro atoms. The van der Waals surface area contributed by atoms with Gasteiger partial charge in [-0.3, -0.25) is 9.36 Å². The second kappa shape index (κ2) is 5.47. The molecule has 0 saturated heterocycles. The van der Waals surface area contributed by atoms with Crippen LogP contribution in [0.15, 0.2) is 24.8 Å². The minimum absolute atomic E-state index is 0.517. The first-order valence-corrected chi connectivity index (χ1v) is 5.98. The maximum Gasteiger partial charge on any atom is 0.422 e. The van der Waals surface area contributed by atoms with Gasteiger partial charge in [-0.2, -0.15) is 4.73 Å². The Bertz CT molecular complexity index is 600. The first-order valence-electron chi connectivity index (χ1n) is 5.98. The summed E-state index contributed by atoms with van der Waals surface area (Å²) in [5, 5.41) is 0. The molecule has 7 nitrogen and oxygen atoms in total. The predicted molar refractivity (Wildman–Crippen MR) is 65.4 cm³/mol. The lowest BCUT2D eigenvalue weighted by atomic mass is 10.4. The summed E-state index contributed by atoms with van der Waals surface area (Å²) < 4.78 is 2.38. The number of imidazole rings is 2. The van der Waals surface area contributed by atoms with Crippen LogP contribution in [-0.2, 0) is 17.6 Å². The van der Waals surface area contributed by atoms with Crippen LogP contribution in [0.1, 0.15) is 30.3 Å². The van der Waals surface area contributed by atoms with Crippen LogP contribution in [-0.4, -0.2) is 31.1 Å². The van der Waals surface area contributed by atoms with Gasteiger partial charge in [0, 0.05) is 31.4 Å². The Morgan fingerprint density at radius 3 is 2.42 bits per heavy atom. The van der Waals surface area contributed by atoms with Crippen molar-refractivity contribution in [2.45, 2.75) is 26.7 Å². The lowest BCUT2D eigenvalue weighted by Crippen LogP contribution is -2.32. The Morgan fingerprint density at radius 2 is 1.74 bits per heavy atom. The van der Waals surface area contributed by atoms with Crippen molar-refractivity contribution in [3.63, 3.8) is 0 Å². The number of nitrogens with zero attached hydrogens (tertiary/aromatic N) is 4. The van der Waals surface area contributed by atoms with Crippen LogP contribution >= 0.6 is 0 Å². The van der Waals surface area contributed by atoms with Gasteiger partial charge in [0.05, 0.1) is 6.20 Å². The molecule has 19 heavy (non-hydrogen) atoms. The molecule has 0 unspecified atom stereocenters. The van der Waals surface area contributed by atoms with E-state index in [2.05, 4.69) is 9.97 Å². The van der Waals surface area contributed by atoms with Crippen molar-refractivity contribution in [1.82, 2.24) is 19.3 Å². The second-order valence-electron chi connectivity index (χ2n) is 3.77. The van der Waals surface area contributed by atoms with Gasteiger partial charge >= 0.3 is 11.9 Å². The van der Waals surface area contributed by atoms with Crippen molar-refractivity contribution < 1.29 is 14.4 Å². The highest BCUT2D eigenvalue weighted by Crippen LogP contribution is 2.00. The Balaban J connectivity index is 2.14. The Morgan fingerprint density at radius 1 is 1.11 bits per heavy atom. The van der Waals surface area contributed by atoms with E-state index in [9.17, 15) is 9.59 Å². The molecule has 100 valence electrons. The lowest BCUT2D eigenvalue weighted by molar-refractivity contribution is -0.139. The standard InChI is InChI=1S/C12H14N4O3/c1-3-9-13-5-7-15(9)11(17)12(18)19-16-8-6-14-10(16)4-2/h5-8H,3-4H2,1-2H3. The van der Waals surface area contributed by atoms with Crippen LogP contribution < -0.4 is 4.84 Å². The zero-order valence-corrected chi connectivity index (χ0v) is 10.7. The fraction of sp³-hybridized carbons (Fsp3) is 0.333. The predicted octanol–water partition coefficient (Wildman–Crippen LogP) is 0.500. The van der Waals surface area contributed by atoms with E-state index >= 15 is 0 Å². The van der Waals surface area contributed by atoms with E-state index in [0.717, 1.165) is 0 Å². The van der Waals surface area contributed by atoms with Gasteiger partial charge in [-0.25, -0.2) is 14.8 Å². The maximum absolute atomic E-state index is 11.9. The number of hydrogen-bond donors (Lipinski definition) is 0. The largest absolute Gasteiger partial charge is 0.422 e. The summed E-state index contributed by atoms with van der Waals surface area (Å²) in [5.41, 5.74) is 0. The van der Waals surface area contributed by atoms with Crippen molar-refractivity contribution in [2.24, 2.45) is 0 Å². The molecule has 0 bridgehead atoms. The minimum Gasteiger partial charge on any atom is -0.325 e. The van der Waals surface area contributed by atoms with Crippen LogP contribution in [0.3, 0.4) is 0 Å². The van der Waals surface area contributed by atoms with Gasteiger partial charge in [0.1, 0.15) is 11.6 Å². The average molecular weight is 262 g/mol. The Kier molecular flexibility index (Phi) is 3.74. The van der Waals surface area contributed by atoms with E-state index in [1.165, 1.54) is 34.1 Å². The number of aromatic nitrogens is 4. The molecule has 0 atom stereocenters. The fourth-order valence-corrected chi connectivity index (χ4v) is 1.66. The van der Waals surface area contributed by atoms with E-state index in [1.54, 1.807) is 0 Å². The summed E-state index contributed by atoms with van der Waals surface area (Å²) in [6, 6.07) is 0. The molecule has 0 N–H and O–H groups in total. The fourth-order valence-electron chi connectivity index (χ4n) is 1.66. The first-order chi connectivity index (χ1) is 9.17. The zero-order chi connectivity index (χ0) is 13.8. The smallest absolute Gasteiger partial charge is 0.325 e. The number of carbonyl (C=O) groups is 2. The van der Waals surface area contributed by atoms with E-state index in [1.807, 2.05) is 13.8 Å². The molecule has 7 heteroatoms. The Hall–Kier alpha value is -2.44. The van der Waals surface area contributed by atoms with Gasteiger partial charge in [0.15, 0.2) is 0 Å². The summed E-state index contributed by atoms with van der Waals surface area (Å²) in [6.07, 6.45) is 7.05. The molecule has 0 aliphatic carbocycles. The molecule has 0 amide bonds. The van der Waals surface area contributed by atoms with Gasteiger partial charge in [-0.05, 0) is 0 Å². The zero-order valence-electron chi connectivity index (χ0n) is 10.7. The summed E-state index contributed by atoms with van der Waals surface area (Å²) in [6.45, 7) is 3.72. The quantitative estimate of drug-likeness (QED) is 0.752. The third kappa shape index (κ3) is 2.54. The number of hydrogen-bond acceptors (Lipinski definition) is 5. The van der Waals surface area contributed by atoms with Crippen molar-refractivity contribution in [2.75, 3.05) is 0 Å². The number of carbonyl (C=O) groups excluding carboxylic acids is 2. The van der Waals surface area contributed by atoms with Crippen molar-refractivity contribution in [3.8, 4) is 0 Å². The van der Waals surface area contributed by atoms with E-state index in [0.29, 0.717) is 24.5 Å². The highest BCUT2D eigenvalue weighted by atomic mass is 16.7. The molecular weight excluding hydrogens is 248 g/mol. The highest BCUT2D eigenvalue weighted by Gasteiger charge is 2.21. The summed E-state index contributed by atoms with van der Waals surface area (Å²) in [7, 11) is 0. The lowest BCUT2D eigenvalue weighted by Gasteiger charge is -2.07. The van der Waals surface area contributed by atoms with Crippen molar-refractivity contribution in [1.29, 1.82) is 0 Å². The molecule has 2 aromatic heterocycles. The van der Waals surface area contributed by atoms with Crippen LogP contribution in [0.2, 0.25) is 0 Å². The molecule has 0 fully saturated rings. The third-order valence-electron chi connectivity index (χ3n) is 2.60. The van der Waals surface area contributed by atoms with Gasteiger partial charge in [0.25, 0.3) is 0 Å². The molecule has 0 aromatic carbocycles. The number of aryl methyl sites for hydroxylation is 2. The SMILES string of the molecule is CCc1nccn1OC(=O)C(=O)n1ccnc1CC. The normalized spacial score (nSPS) is 10.4. The summed E-state index contributed by atoms with van der Waals surface area (Å²) in [4.78, 5) is 36.7. The van der Waals surface area contributed by atoms with E-state index in [4.69, 9.17) is 4.84 Å². The topological polar surface area (TPSA) is 79.0 Å². The Labute approximate surface area is 109 Å². The molecule has 0 saturated carbocycles. The van der Waals surface area contributed by atoms with Gasteiger partial charge in [0.2, 0.25) is 0 Å². The van der Waals surface area contributed by atoms with Crippen molar-refractivity contribution >= 4 is 11.9 Å². The molecular formula is C12H14N4O3. The molecule has 2 heterocycles. The van der Waals surface area contributed by atoms with Crippen molar-refractivity contribution in [3.05, 3.63) is 36.4 Å². The minimum atomic E-state index is -0.972. The monoisotopic (exact) mass is 262 g/mol. The molecule has 0 radical (unpaired) electrons. The van der Waals surface area contributed by atoms with Crippen LogP contribution in [0.5, 0.6) is 0 Å². The van der Waals surface area contributed by atoms with Gasteiger partial charge in [-0.1, -0.05) is 13.8 Å². The second-order valence-corrected chi connectivity index (χ2v) is 3.77. The maximum atomic E-state index is 11.9. The molecule has 2 aromatic rings. The highest BCUT2D eigenvalue weighted by molar-refractivity contribution is 6.33. The van der Waals surface area contributed by atoms with E-state index < -0.39 is 11.9 Å².